The number of nitrogens with zero attached hydrogens (tertiary/aromatic N) is 2. The number of aromatic nitrogens is 2. The first kappa shape index (κ1) is 22.9. The molecular formula is C23H33N3O3. The summed E-state index contributed by atoms with van der Waals surface area (Å²) in [4.78, 5) is 4.70. The molecule has 2 atom stereocenters. The molecule has 158 valence electrons. The average Bonchev–Trinajstić information content (AvgIpc) is 3.05. The number of anilines is 1. The second-order valence-electron chi connectivity index (χ2n) is 6.71. The van der Waals surface area contributed by atoms with Gasteiger partial charge in [-0.15, -0.1) is 0 Å². The molecule has 1 aromatic carbocycles. The lowest BCUT2D eigenvalue weighted by atomic mass is 9.91. The molecule has 3 N–H and O–H groups in total. The number of hydrogen-bond donors (Lipinski definition) is 3. The summed E-state index contributed by atoms with van der Waals surface area (Å²) in [6.07, 6.45) is 2.25. The molecule has 3 heterocycles. The number of hydrogen-bond acceptors (Lipinski definition) is 5. The van der Waals surface area contributed by atoms with Crippen molar-refractivity contribution < 1.29 is 14.9 Å². The van der Waals surface area contributed by atoms with Gasteiger partial charge in [-0.3, -0.25) is 0 Å². The van der Waals surface area contributed by atoms with E-state index in [4.69, 9.17) is 10.1 Å². The SMILES string of the molecule is CC.COCCO.Cc1nc2c3c(ccn2c1C)CC(O)[C@@H](c1ccccc1)N3. The van der Waals surface area contributed by atoms with Gasteiger partial charge in [0.25, 0.3) is 0 Å². The molecule has 1 aliphatic rings. The van der Waals surface area contributed by atoms with Gasteiger partial charge in [0.2, 0.25) is 0 Å². The summed E-state index contributed by atoms with van der Waals surface area (Å²) in [6, 6.07) is 12.1. The maximum atomic E-state index is 10.5. The van der Waals surface area contributed by atoms with E-state index >= 15 is 0 Å². The second kappa shape index (κ2) is 11.0. The van der Waals surface area contributed by atoms with Gasteiger partial charge in [-0.1, -0.05) is 44.2 Å². The van der Waals surface area contributed by atoms with Gasteiger partial charge in [0.1, 0.15) is 0 Å². The topological polar surface area (TPSA) is 79.0 Å². The van der Waals surface area contributed by atoms with Crippen molar-refractivity contribution in [2.24, 2.45) is 0 Å². The Hall–Kier alpha value is -2.41. The summed E-state index contributed by atoms with van der Waals surface area (Å²) >= 11 is 0. The minimum atomic E-state index is -0.436. The smallest absolute Gasteiger partial charge is 0.161 e. The van der Waals surface area contributed by atoms with E-state index in [1.165, 1.54) is 0 Å². The van der Waals surface area contributed by atoms with E-state index in [-0.39, 0.29) is 12.6 Å². The van der Waals surface area contributed by atoms with Crippen LogP contribution < -0.4 is 5.32 Å². The lowest BCUT2D eigenvalue weighted by Crippen LogP contribution is -2.32. The Labute approximate surface area is 173 Å². The predicted octanol–water partition coefficient (Wildman–Crippen LogP) is 3.67. The Kier molecular flexibility index (Phi) is 8.64. The fourth-order valence-electron chi connectivity index (χ4n) is 3.36. The van der Waals surface area contributed by atoms with Crippen LogP contribution in [0.3, 0.4) is 0 Å². The Morgan fingerprint density at radius 1 is 1.17 bits per heavy atom. The van der Waals surface area contributed by atoms with E-state index in [2.05, 4.69) is 27.4 Å². The van der Waals surface area contributed by atoms with Gasteiger partial charge in [-0.25, -0.2) is 4.98 Å². The van der Waals surface area contributed by atoms with Crippen LogP contribution in [-0.4, -0.2) is 46.0 Å². The molecule has 0 spiro atoms. The summed E-state index contributed by atoms with van der Waals surface area (Å²) in [5, 5.41) is 22.0. The van der Waals surface area contributed by atoms with Crippen molar-refractivity contribution in [3.63, 3.8) is 0 Å². The number of aliphatic hydroxyl groups excluding tert-OH is 2. The molecule has 0 saturated heterocycles. The van der Waals surface area contributed by atoms with Gasteiger partial charge in [0, 0.05) is 25.4 Å². The molecular weight excluding hydrogens is 366 g/mol. The van der Waals surface area contributed by atoms with Crippen molar-refractivity contribution in [3.05, 3.63) is 65.1 Å². The summed E-state index contributed by atoms with van der Waals surface area (Å²) in [6.45, 7) is 8.67. The van der Waals surface area contributed by atoms with Crippen LogP contribution >= 0.6 is 0 Å². The highest BCUT2D eigenvalue weighted by Crippen LogP contribution is 2.35. The third-order valence-electron chi connectivity index (χ3n) is 4.92. The predicted molar refractivity (Wildman–Crippen MR) is 117 cm³/mol. The lowest BCUT2D eigenvalue weighted by molar-refractivity contribution is 0.135. The molecule has 1 unspecified atom stereocenters. The molecule has 3 aromatic rings. The zero-order valence-corrected chi connectivity index (χ0v) is 18.0. The molecule has 1 aliphatic heterocycles. The number of methoxy groups -OCH3 is 1. The molecule has 0 radical (unpaired) electrons. The number of pyridine rings is 1. The molecule has 0 amide bonds. The zero-order chi connectivity index (χ0) is 21.4. The third-order valence-corrected chi connectivity index (χ3v) is 4.92. The van der Waals surface area contributed by atoms with E-state index in [9.17, 15) is 5.11 Å². The minimum Gasteiger partial charge on any atom is -0.394 e. The van der Waals surface area contributed by atoms with Crippen LogP contribution in [-0.2, 0) is 11.2 Å². The van der Waals surface area contributed by atoms with Gasteiger partial charge in [-0.05, 0) is 31.0 Å². The van der Waals surface area contributed by atoms with Crippen LogP contribution in [0.5, 0.6) is 0 Å². The molecule has 6 heteroatoms. The Balaban J connectivity index is 0.000000378. The number of rotatable bonds is 3. The van der Waals surface area contributed by atoms with Crippen LogP contribution in [0.4, 0.5) is 5.69 Å². The van der Waals surface area contributed by atoms with Gasteiger partial charge in [0.15, 0.2) is 5.65 Å². The number of ether oxygens (including phenoxy) is 1. The van der Waals surface area contributed by atoms with Crippen LogP contribution in [0, 0.1) is 13.8 Å². The van der Waals surface area contributed by atoms with Gasteiger partial charge >= 0.3 is 0 Å². The largest absolute Gasteiger partial charge is 0.394 e. The highest BCUT2D eigenvalue weighted by Gasteiger charge is 2.29. The van der Waals surface area contributed by atoms with Crippen molar-refractivity contribution in [1.29, 1.82) is 0 Å². The molecule has 2 aromatic heterocycles. The monoisotopic (exact) mass is 399 g/mol. The molecule has 6 nitrogen and oxygen atoms in total. The number of fused-ring (bicyclic) bond motifs is 3. The van der Waals surface area contributed by atoms with Crippen molar-refractivity contribution in [3.8, 4) is 0 Å². The van der Waals surface area contributed by atoms with Crippen molar-refractivity contribution in [2.75, 3.05) is 25.6 Å². The summed E-state index contributed by atoms with van der Waals surface area (Å²) in [5.41, 5.74) is 6.40. The zero-order valence-electron chi connectivity index (χ0n) is 18.0. The highest BCUT2D eigenvalue weighted by atomic mass is 16.5. The van der Waals surface area contributed by atoms with E-state index in [0.717, 1.165) is 33.8 Å². The first-order chi connectivity index (χ1) is 14.1. The fraction of sp³-hybridized carbons (Fsp3) is 0.435. The number of benzene rings is 1. The Bertz CT molecular complexity index is 891. The lowest BCUT2D eigenvalue weighted by Gasteiger charge is -2.32. The number of aliphatic hydroxyl groups is 2. The molecule has 0 saturated carbocycles. The van der Waals surface area contributed by atoms with Crippen molar-refractivity contribution in [2.45, 2.75) is 46.3 Å². The maximum absolute atomic E-state index is 10.5. The van der Waals surface area contributed by atoms with Crippen molar-refractivity contribution >= 4 is 11.3 Å². The quantitative estimate of drug-likeness (QED) is 0.626. The van der Waals surface area contributed by atoms with Gasteiger partial charge < -0.3 is 24.7 Å². The van der Waals surface area contributed by atoms with Crippen LogP contribution in [0.2, 0.25) is 0 Å². The van der Waals surface area contributed by atoms with E-state index in [1.54, 1.807) is 7.11 Å². The number of aryl methyl sites for hydroxylation is 2. The first-order valence-corrected chi connectivity index (χ1v) is 10.1. The van der Waals surface area contributed by atoms with E-state index in [0.29, 0.717) is 13.0 Å². The normalized spacial score (nSPS) is 17.3. The third kappa shape index (κ3) is 5.15. The molecule has 29 heavy (non-hydrogen) atoms. The average molecular weight is 400 g/mol. The number of imidazole rings is 1. The van der Waals surface area contributed by atoms with Gasteiger partial charge in [0.05, 0.1) is 36.7 Å². The Morgan fingerprint density at radius 3 is 2.45 bits per heavy atom. The molecule has 4 rings (SSSR count). The van der Waals surface area contributed by atoms with Crippen LogP contribution in [0.25, 0.3) is 5.65 Å². The van der Waals surface area contributed by atoms with E-state index < -0.39 is 6.10 Å². The maximum Gasteiger partial charge on any atom is 0.161 e. The summed E-state index contributed by atoms with van der Waals surface area (Å²) in [5.74, 6) is 0. The van der Waals surface area contributed by atoms with Crippen LogP contribution in [0.1, 0.15) is 42.4 Å². The molecule has 0 aliphatic carbocycles. The van der Waals surface area contributed by atoms with Crippen molar-refractivity contribution in [1.82, 2.24) is 9.38 Å². The molecule has 0 fully saturated rings. The second-order valence-corrected chi connectivity index (χ2v) is 6.71. The minimum absolute atomic E-state index is 0.0998. The standard InChI is InChI=1S/C18H19N3O.C3H8O2.C2H6/c1-11-12(2)21-9-8-14-10-15(22)16(13-6-4-3-5-7-13)20-17(14)18(21)19-11;1-5-3-2-4;1-2/h3-9,15-16,20,22H,10H2,1-2H3;4H,2-3H2,1H3;1-2H3/t15?,16-;;/m1../s1. The first-order valence-electron chi connectivity index (χ1n) is 10.1. The summed E-state index contributed by atoms with van der Waals surface area (Å²) in [7, 11) is 1.55. The summed E-state index contributed by atoms with van der Waals surface area (Å²) < 4.78 is 6.55. The highest BCUT2D eigenvalue weighted by molar-refractivity contribution is 5.74. The van der Waals surface area contributed by atoms with Crippen LogP contribution in [0.15, 0.2) is 42.6 Å². The van der Waals surface area contributed by atoms with Gasteiger partial charge in [-0.2, -0.15) is 0 Å². The molecule has 0 bridgehead atoms. The number of nitrogens with one attached hydrogen (secondary N) is 1. The fourth-order valence-corrected chi connectivity index (χ4v) is 3.36. The van der Waals surface area contributed by atoms with E-state index in [1.807, 2.05) is 57.3 Å². The Morgan fingerprint density at radius 2 is 1.86 bits per heavy atom.